The number of carboxylic acid groups (broad SMARTS) is 1. The minimum Gasteiger partial charge on any atom is -0.545 e. The van der Waals surface area contributed by atoms with Crippen molar-refractivity contribution in [3.05, 3.63) is 26.7 Å². The maximum atomic E-state index is 13.2. The van der Waals surface area contributed by atoms with Crippen LogP contribution in [-0.4, -0.2) is 25.4 Å². The van der Waals surface area contributed by atoms with Crippen molar-refractivity contribution in [2.45, 2.75) is 38.5 Å². The second-order valence-electron chi connectivity index (χ2n) is 6.46. The third kappa shape index (κ3) is 3.40. The molecule has 0 saturated heterocycles. The summed E-state index contributed by atoms with van der Waals surface area (Å²) in [5.41, 5.74) is -1.47. The number of ether oxygens (including phenoxy) is 2. The maximum absolute atomic E-state index is 13.2. The highest BCUT2D eigenvalue weighted by Gasteiger charge is 2.48. The zero-order chi connectivity index (χ0) is 19.3. The van der Waals surface area contributed by atoms with Crippen LogP contribution < -0.4 is 14.6 Å². The number of benzene rings is 1. The van der Waals surface area contributed by atoms with Crippen LogP contribution in [0.3, 0.4) is 0 Å². The van der Waals surface area contributed by atoms with Gasteiger partial charge in [-0.05, 0) is 11.5 Å². The topological polar surface area (TPSA) is 58.6 Å². The van der Waals surface area contributed by atoms with Crippen LogP contribution >= 0.6 is 23.2 Å². The lowest BCUT2D eigenvalue weighted by molar-refractivity contribution is -0.302. The number of carbonyl (C=O) groups excluding carboxylic acids is 1. The number of halogens is 5. The molecule has 1 atom stereocenters. The molecule has 0 bridgehead atoms. The van der Waals surface area contributed by atoms with Crippen molar-refractivity contribution in [2.24, 2.45) is 0 Å². The highest BCUT2D eigenvalue weighted by Crippen LogP contribution is 2.52. The highest BCUT2D eigenvalue weighted by molar-refractivity contribution is 6.38. The van der Waals surface area contributed by atoms with Crippen molar-refractivity contribution in [3.8, 4) is 11.5 Å². The fraction of sp³-hybridized carbons (Fsp3) is 0.438. The van der Waals surface area contributed by atoms with E-state index in [0.717, 1.165) is 6.08 Å². The first kappa shape index (κ1) is 19.7. The monoisotopic (exact) mass is 397 g/mol. The van der Waals surface area contributed by atoms with Crippen LogP contribution in [0.15, 0.2) is 5.57 Å². The van der Waals surface area contributed by atoms with Crippen LogP contribution in [0.4, 0.5) is 13.2 Å². The van der Waals surface area contributed by atoms with E-state index >= 15 is 0 Å². The molecule has 1 unspecified atom stereocenters. The van der Waals surface area contributed by atoms with Gasteiger partial charge in [-0.2, -0.15) is 13.2 Å². The molecule has 2 rings (SSSR count). The smallest absolute Gasteiger partial charge is 0.429 e. The largest absolute Gasteiger partial charge is 0.545 e. The summed E-state index contributed by atoms with van der Waals surface area (Å²) in [6.45, 7) is 5.31. The van der Waals surface area contributed by atoms with Crippen LogP contribution in [0.5, 0.6) is 11.5 Å². The first-order valence-electron chi connectivity index (χ1n) is 7.06. The van der Waals surface area contributed by atoms with E-state index in [1.54, 1.807) is 20.8 Å². The third-order valence-electron chi connectivity index (χ3n) is 3.63. The molecule has 4 nitrogen and oxygen atoms in total. The highest BCUT2D eigenvalue weighted by atomic mass is 35.5. The molecular formula is C16H14Cl2F3O4-. The fourth-order valence-corrected chi connectivity index (χ4v) is 3.42. The Kier molecular flexibility index (Phi) is 4.96. The van der Waals surface area contributed by atoms with E-state index in [2.05, 4.69) is 0 Å². The average molecular weight is 398 g/mol. The molecule has 1 aliphatic heterocycles. The van der Waals surface area contributed by atoms with Crippen LogP contribution in [0.2, 0.25) is 10.0 Å². The molecule has 1 heterocycles. The van der Waals surface area contributed by atoms with Gasteiger partial charge in [0.15, 0.2) is 0 Å². The number of rotatable bonds is 2. The Hall–Kier alpha value is -1.60. The number of hydrogen-bond acceptors (Lipinski definition) is 4. The molecule has 1 aliphatic rings. The van der Waals surface area contributed by atoms with Gasteiger partial charge in [-0.3, -0.25) is 0 Å². The number of carboxylic acids is 1. The molecule has 9 heteroatoms. The van der Waals surface area contributed by atoms with Crippen LogP contribution in [-0.2, 0) is 10.2 Å². The lowest BCUT2D eigenvalue weighted by atomic mass is 9.84. The van der Waals surface area contributed by atoms with Gasteiger partial charge in [-0.1, -0.05) is 44.0 Å². The summed E-state index contributed by atoms with van der Waals surface area (Å²) < 4.78 is 49.8. The van der Waals surface area contributed by atoms with E-state index in [9.17, 15) is 23.1 Å². The van der Waals surface area contributed by atoms with Crippen molar-refractivity contribution in [2.75, 3.05) is 7.11 Å². The minimum absolute atomic E-state index is 0.0915. The van der Waals surface area contributed by atoms with Crippen molar-refractivity contribution in [3.63, 3.8) is 0 Å². The first-order valence-corrected chi connectivity index (χ1v) is 7.82. The van der Waals surface area contributed by atoms with Crippen molar-refractivity contribution in [1.29, 1.82) is 0 Å². The van der Waals surface area contributed by atoms with Crippen LogP contribution in [0, 0.1) is 0 Å². The zero-order valence-corrected chi connectivity index (χ0v) is 15.2. The molecule has 138 valence electrons. The Morgan fingerprint density at radius 2 is 1.80 bits per heavy atom. The number of fused-ring (bicyclic) bond motifs is 1. The predicted octanol–water partition coefficient (Wildman–Crippen LogP) is 3.76. The maximum Gasteiger partial charge on any atom is 0.429 e. The Balaban J connectivity index is 2.86. The van der Waals surface area contributed by atoms with Crippen LogP contribution in [0.25, 0.3) is 6.08 Å². The zero-order valence-electron chi connectivity index (χ0n) is 13.7. The second kappa shape index (κ2) is 6.29. The van der Waals surface area contributed by atoms with E-state index in [1.165, 1.54) is 7.11 Å². The lowest BCUT2D eigenvalue weighted by Gasteiger charge is -2.33. The molecule has 0 aromatic heterocycles. The molecule has 1 aromatic rings. The Morgan fingerprint density at radius 1 is 1.24 bits per heavy atom. The van der Waals surface area contributed by atoms with Gasteiger partial charge in [0, 0.05) is 16.7 Å². The molecule has 0 aliphatic carbocycles. The average Bonchev–Trinajstić information content (AvgIpc) is 2.46. The molecule has 25 heavy (non-hydrogen) atoms. The van der Waals surface area contributed by atoms with Crippen LogP contribution in [0.1, 0.15) is 31.9 Å². The van der Waals surface area contributed by atoms with E-state index in [0.29, 0.717) is 5.56 Å². The number of hydrogen-bond donors (Lipinski definition) is 0. The standard InChI is InChI=1S/C16H15Cl2F3O4/c1-15(2,3)8-10(18)11-6(9(17)12(8)24-4)5-7(14(22)23)13(25-11)16(19,20)21/h5,13H,1-4H3,(H,22,23)/p-1. The molecule has 0 saturated carbocycles. The van der Waals surface area contributed by atoms with Gasteiger partial charge >= 0.3 is 6.18 Å². The van der Waals surface area contributed by atoms with E-state index in [4.69, 9.17) is 32.7 Å². The van der Waals surface area contributed by atoms with E-state index < -0.39 is 29.2 Å². The van der Waals surface area contributed by atoms with Gasteiger partial charge in [0.05, 0.1) is 23.1 Å². The van der Waals surface area contributed by atoms with Crippen molar-refractivity contribution >= 4 is 35.2 Å². The predicted molar refractivity (Wildman–Crippen MR) is 85.2 cm³/mol. The van der Waals surface area contributed by atoms with Gasteiger partial charge < -0.3 is 19.4 Å². The van der Waals surface area contributed by atoms with Gasteiger partial charge in [0.1, 0.15) is 11.5 Å². The number of carbonyl (C=O) groups is 1. The Morgan fingerprint density at radius 3 is 2.20 bits per heavy atom. The second-order valence-corrected chi connectivity index (χ2v) is 7.21. The molecule has 0 spiro atoms. The summed E-state index contributed by atoms with van der Waals surface area (Å²) in [5.74, 6) is -2.22. The van der Waals surface area contributed by atoms with Gasteiger partial charge in [-0.15, -0.1) is 0 Å². The van der Waals surface area contributed by atoms with Crippen molar-refractivity contribution in [1.82, 2.24) is 0 Å². The van der Waals surface area contributed by atoms with E-state index in [1.807, 2.05) is 0 Å². The number of alkyl halides is 3. The lowest BCUT2D eigenvalue weighted by Crippen LogP contribution is -2.44. The third-order valence-corrected chi connectivity index (χ3v) is 4.37. The molecule has 0 N–H and O–H groups in total. The molecule has 1 aromatic carbocycles. The summed E-state index contributed by atoms with van der Waals surface area (Å²) in [6.07, 6.45) is -6.92. The van der Waals surface area contributed by atoms with Gasteiger partial charge in [0.2, 0.25) is 6.10 Å². The summed E-state index contributed by atoms with van der Waals surface area (Å²) >= 11 is 12.5. The molecule has 0 amide bonds. The summed E-state index contributed by atoms with van der Waals surface area (Å²) in [4.78, 5) is 11.1. The first-order chi connectivity index (χ1) is 11.3. The summed E-state index contributed by atoms with van der Waals surface area (Å²) in [6, 6.07) is 0. The SMILES string of the molecule is COc1c(Cl)c2c(c(Cl)c1C(C)(C)C)OC(C(F)(F)F)C(C(=O)[O-])=C2. The van der Waals surface area contributed by atoms with Crippen molar-refractivity contribution < 1.29 is 32.5 Å². The summed E-state index contributed by atoms with van der Waals surface area (Å²) in [5, 5.41) is 10.9. The Labute approximate surface area is 152 Å². The molecular weight excluding hydrogens is 384 g/mol. The quantitative estimate of drug-likeness (QED) is 0.762. The molecule has 0 radical (unpaired) electrons. The normalized spacial score (nSPS) is 17.5. The fourth-order valence-electron chi connectivity index (χ4n) is 2.59. The number of aliphatic carboxylic acids is 1. The summed E-state index contributed by atoms with van der Waals surface area (Å²) in [7, 11) is 1.32. The molecule has 0 fully saturated rings. The van der Waals surface area contributed by atoms with Gasteiger partial charge in [-0.25, -0.2) is 0 Å². The van der Waals surface area contributed by atoms with Gasteiger partial charge in [0.25, 0.3) is 0 Å². The minimum atomic E-state index is -4.97. The Bertz CT molecular complexity index is 764. The van der Waals surface area contributed by atoms with E-state index in [-0.39, 0.29) is 27.1 Å². The number of methoxy groups -OCH3 is 1.